The van der Waals surface area contributed by atoms with Crippen LogP contribution >= 0.6 is 15.9 Å². The number of rotatable bonds is 3. The Kier molecular flexibility index (Phi) is 13.5. The van der Waals surface area contributed by atoms with Crippen molar-refractivity contribution in [1.29, 1.82) is 0 Å². The molecule has 3 heterocycles. The topological polar surface area (TPSA) is 76.7 Å². The number of benzene rings is 15. The molecule has 0 aliphatic heterocycles. The smallest absolute Gasteiger partial charge is 0.456 e. The van der Waals surface area contributed by atoms with Crippen LogP contribution in [0.15, 0.2) is 357 Å². The summed E-state index contributed by atoms with van der Waals surface area (Å²) in [4.78, 5) is 12.6. The summed E-state index contributed by atoms with van der Waals surface area (Å²) >= 11 is 3.53. The quantitative estimate of drug-likeness (QED) is 0.191. The van der Waals surface area contributed by atoms with Gasteiger partial charge in [0.1, 0.15) is 39.1 Å². The third-order valence-electron chi connectivity index (χ3n) is 20.6. The molecule has 0 bridgehead atoms. The number of ketones is 1. The fourth-order valence-corrected chi connectivity index (χ4v) is 16.8. The van der Waals surface area contributed by atoms with Gasteiger partial charge in [-0.15, -0.1) is 0 Å². The van der Waals surface area contributed by atoms with Gasteiger partial charge in [0.05, 0.1) is 5.41 Å². The SMILES string of the molecule is Brc1ccccc1-c1ccccc1.O=C1c2ccccc2-c2cc3oc4ccccc4c3cc21.OC1(c2ccccc2-c2ccccc2)c2ccccc2-c2cc3oc4ccccc4c3cc21.[H+].c1ccc2c(c1)-c1ccccc1C21c2ccccc2-c2cc3oc4ccccc4c3cc21. The number of para-hydroxylation sites is 3. The highest BCUT2D eigenvalue weighted by molar-refractivity contribution is 9.10. The Morgan fingerprint density at radius 1 is 0.242 bits per heavy atom. The molecule has 6 heteroatoms. The second-order valence-electron chi connectivity index (χ2n) is 25.8. The van der Waals surface area contributed by atoms with E-state index in [0.29, 0.717) is 0 Å². The third-order valence-corrected chi connectivity index (χ3v) is 21.3. The number of hydrogen-bond donors (Lipinski definition) is 1. The first-order valence-corrected chi connectivity index (χ1v) is 34.2. The monoisotopic (exact) mass is 1330 g/mol. The number of carbonyl (C=O) groups excluding carboxylic acids is 1. The van der Waals surface area contributed by atoms with E-state index in [2.05, 4.69) is 198 Å². The fraction of sp³-hybridized carbons (Fsp3) is 0.0215. The molecule has 22 rings (SSSR count). The predicted molar refractivity (Wildman–Crippen MR) is 406 cm³/mol. The highest BCUT2D eigenvalue weighted by Crippen LogP contribution is 2.64. The van der Waals surface area contributed by atoms with E-state index in [4.69, 9.17) is 13.3 Å². The minimum Gasteiger partial charge on any atom is -0.456 e. The van der Waals surface area contributed by atoms with Crippen molar-refractivity contribution in [3.05, 3.63) is 394 Å². The number of hydrogen-bond acceptors (Lipinski definition) is 5. The number of carbonyl (C=O) groups is 1. The van der Waals surface area contributed by atoms with Crippen LogP contribution in [0.3, 0.4) is 0 Å². The molecule has 1 N–H and O–H groups in total. The van der Waals surface area contributed by atoms with Crippen LogP contribution in [0.1, 0.15) is 56.3 Å². The summed E-state index contributed by atoms with van der Waals surface area (Å²) in [5.74, 6) is 0.104. The summed E-state index contributed by atoms with van der Waals surface area (Å²) in [6.45, 7) is 0. The lowest BCUT2D eigenvalue weighted by Gasteiger charge is -2.30. The average Bonchev–Trinajstić information content (AvgIpc) is 1.51. The Morgan fingerprint density at radius 3 is 1.08 bits per heavy atom. The minimum atomic E-state index is -1.27. The highest BCUT2D eigenvalue weighted by atomic mass is 79.9. The molecule has 0 saturated heterocycles. The normalized spacial score (nSPS) is 14.3. The lowest BCUT2D eigenvalue weighted by atomic mass is 9.70. The molecule has 3 aromatic heterocycles. The molecule has 466 valence electrons. The van der Waals surface area contributed by atoms with E-state index in [-0.39, 0.29) is 12.6 Å². The van der Waals surface area contributed by atoms with Crippen LogP contribution in [0.2, 0.25) is 0 Å². The van der Waals surface area contributed by atoms with Gasteiger partial charge in [0.15, 0.2) is 5.78 Å². The maximum Gasteiger partial charge on any atom is 1.00 e. The van der Waals surface area contributed by atoms with E-state index in [0.717, 1.165) is 121 Å². The lowest BCUT2D eigenvalue weighted by molar-refractivity contribution is 0.104. The maximum atomic E-state index is 12.6. The van der Waals surface area contributed by atoms with Crippen molar-refractivity contribution >= 4 is 87.5 Å². The first kappa shape index (κ1) is 58.2. The zero-order valence-electron chi connectivity index (χ0n) is 54.3. The molecule has 99 heavy (non-hydrogen) atoms. The van der Waals surface area contributed by atoms with Crippen molar-refractivity contribution in [3.8, 4) is 66.8 Å². The molecule has 1 unspecified atom stereocenters. The van der Waals surface area contributed by atoms with Crippen LogP contribution in [0, 0.1) is 0 Å². The molecule has 4 aliphatic rings. The molecule has 18 aromatic rings. The summed E-state index contributed by atoms with van der Waals surface area (Å²) in [7, 11) is 0. The van der Waals surface area contributed by atoms with E-state index in [1.54, 1.807) is 0 Å². The Hall–Kier alpha value is -12.2. The second kappa shape index (κ2) is 23.0. The van der Waals surface area contributed by atoms with Crippen LogP contribution < -0.4 is 0 Å². The first-order chi connectivity index (χ1) is 48.8. The molecule has 0 radical (unpaired) electrons. The summed E-state index contributed by atoms with van der Waals surface area (Å²) in [6, 6.07) is 117. The molecule has 15 aromatic carbocycles. The largest absolute Gasteiger partial charge is 1.00 e. The number of halogens is 1. The van der Waals surface area contributed by atoms with Crippen LogP contribution in [-0.4, -0.2) is 10.9 Å². The van der Waals surface area contributed by atoms with Crippen molar-refractivity contribution in [2.24, 2.45) is 0 Å². The maximum absolute atomic E-state index is 12.6. The number of furan rings is 3. The van der Waals surface area contributed by atoms with Gasteiger partial charge in [-0.25, -0.2) is 0 Å². The van der Waals surface area contributed by atoms with Gasteiger partial charge >= 0.3 is 1.43 Å². The summed E-state index contributed by atoms with van der Waals surface area (Å²) in [5, 5.41) is 19.2. The van der Waals surface area contributed by atoms with Crippen molar-refractivity contribution in [2.75, 3.05) is 0 Å². The Bertz CT molecular complexity index is 6270. The first-order valence-electron chi connectivity index (χ1n) is 33.4. The Balaban J connectivity index is 0.000000101. The van der Waals surface area contributed by atoms with Gasteiger partial charge in [-0.1, -0.05) is 295 Å². The fourth-order valence-electron chi connectivity index (χ4n) is 16.3. The van der Waals surface area contributed by atoms with Gasteiger partial charge in [0.25, 0.3) is 0 Å². The second-order valence-corrected chi connectivity index (χ2v) is 26.6. The van der Waals surface area contributed by atoms with Gasteiger partial charge < -0.3 is 18.4 Å². The molecule has 0 saturated carbocycles. The molecule has 0 amide bonds. The number of fused-ring (bicyclic) bond motifs is 25. The Morgan fingerprint density at radius 2 is 0.576 bits per heavy atom. The summed E-state index contributed by atoms with van der Waals surface area (Å²) < 4.78 is 19.5. The Labute approximate surface area is 580 Å². The van der Waals surface area contributed by atoms with E-state index in [1.165, 1.54) is 66.4 Å². The molecule has 4 aliphatic carbocycles. The van der Waals surface area contributed by atoms with E-state index >= 15 is 0 Å². The van der Waals surface area contributed by atoms with Gasteiger partial charge in [0, 0.05) is 64.6 Å². The zero-order valence-corrected chi connectivity index (χ0v) is 54.9. The summed E-state index contributed by atoms with van der Waals surface area (Å²) in [5.41, 5.74) is 27.3. The van der Waals surface area contributed by atoms with Crippen molar-refractivity contribution in [1.82, 2.24) is 0 Å². The van der Waals surface area contributed by atoms with Crippen LogP contribution in [-0.2, 0) is 11.0 Å². The van der Waals surface area contributed by atoms with Crippen LogP contribution in [0.4, 0.5) is 0 Å². The third kappa shape index (κ3) is 8.93. The van der Waals surface area contributed by atoms with Gasteiger partial charge in [-0.05, 0) is 150 Å². The van der Waals surface area contributed by atoms with Gasteiger partial charge in [0.2, 0.25) is 0 Å². The lowest BCUT2D eigenvalue weighted by Crippen LogP contribution is -2.27. The van der Waals surface area contributed by atoms with Crippen molar-refractivity contribution < 1.29 is 24.6 Å². The van der Waals surface area contributed by atoms with Crippen LogP contribution in [0.5, 0.6) is 0 Å². The highest BCUT2D eigenvalue weighted by Gasteiger charge is 2.52. The zero-order chi connectivity index (χ0) is 65.9. The summed E-state index contributed by atoms with van der Waals surface area (Å²) in [6.07, 6.45) is 0. The molecule has 1 atom stereocenters. The van der Waals surface area contributed by atoms with E-state index < -0.39 is 5.60 Å². The van der Waals surface area contributed by atoms with E-state index in [1.807, 2.05) is 158 Å². The number of aliphatic hydroxyl groups is 1. The average molecular weight is 1340 g/mol. The predicted octanol–water partition coefficient (Wildman–Crippen LogP) is 24.5. The molecular weight excluding hydrogens is 1280 g/mol. The standard InChI is InChI=1S/C31H20O2.C31H18O.C19H10O2.C12H9Br/c32-31(26-15-7-4-12-21(26)20-10-2-1-3-11-20)27-16-8-5-13-22(27)24-19-30-25(18-28(24)31)23-14-6-9-17-29(23)33-30;1-5-13-25-19(9-1)20-10-2-6-14-26(20)31(25)27-15-7-3-11-21(27)23-18-30-24(17-28(23)31)22-12-4-8-16-29(22)32-30;20-19-13-7-2-1-5-11(13)14-10-18-15(9-16(14)19)12-6-3-4-8-17(12)21-18;13-12-9-5-4-8-11(12)10-6-2-1-3-7-10/h1-19,32H;1-18H;1-10H;1-9H/p+1. The van der Waals surface area contributed by atoms with Gasteiger partial charge in [-0.3, -0.25) is 4.79 Å². The van der Waals surface area contributed by atoms with Crippen molar-refractivity contribution in [2.45, 2.75) is 11.0 Å². The van der Waals surface area contributed by atoms with Crippen LogP contribution in [0.25, 0.3) is 133 Å². The molecule has 0 fully saturated rings. The molecule has 1 spiro atoms. The minimum absolute atomic E-state index is 0. The van der Waals surface area contributed by atoms with Crippen molar-refractivity contribution in [3.63, 3.8) is 0 Å². The molecular formula is C93H58BrO5+. The molecule has 5 nitrogen and oxygen atoms in total. The van der Waals surface area contributed by atoms with Gasteiger partial charge in [-0.2, -0.15) is 0 Å². The van der Waals surface area contributed by atoms with E-state index in [9.17, 15) is 9.90 Å².